The van der Waals surface area contributed by atoms with Gasteiger partial charge in [0.15, 0.2) is 11.2 Å². The van der Waals surface area contributed by atoms with Crippen molar-refractivity contribution in [2.45, 2.75) is 32.1 Å². The van der Waals surface area contributed by atoms with Gasteiger partial charge in [0.25, 0.3) is 0 Å². The van der Waals surface area contributed by atoms with Crippen LogP contribution in [-0.4, -0.2) is 51.1 Å². The highest BCUT2D eigenvalue weighted by Gasteiger charge is 2.28. The number of fused-ring (bicyclic) bond motifs is 1. The first-order chi connectivity index (χ1) is 10.7. The van der Waals surface area contributed by atoms with Crippen LogP contribution in [-0.2, 0) is 4.74 Å². The first kappa shape index (κ1) is 16.4. The molecule has 2 atom stereocenters. The topological polar surface area (TPSA) is 108 Å². The Morgan fingerprint density at radius 1 is 1.45 bits per heavy atom. The average molecular weight is 313 g/mol. The summed E-state index contributed by atoms with van der Waals surface area (Å²) < 4.78 is 22.5. The number of ether oxygens (including phenoxy) is 2. The van der Waals surface area contributed by atoms with Crippen LogP contribution < -0.4 is 10.5 Å². The van der Waals surface area contributed by atoms with E-state index in [9.17, 15) is 4.39 Å². The lowest BCUT2D eigenvalue weighted by atomic mass is 10.2. The molecular formula is C13H20FN5O3. The molecule has 0 spiro atoms. The van der Waals surface area contributed by atoms with Gasteiger partial charge in [0.1, 0.15) is 6.23 Å². The monoisotopic (exact) mass is 313 g/mol. The maximum Gasteiger partial charge on any atom is 0.247 e. The molecule has 0 radical (unpaired) electrons. The van der Waals surface area contributed by atoms with Crippen LogP contribution in [0, 0.1) is 0 Å². The summed E-state index contributed by atoms with van der Waals surface area (Å²) in [4.78, 5) is 12.6. The molecule has 0 amide bonds. The van der Waals surface area contributed by atoms with Crippen molar-refractivity contribution in [2.75, 3.05) is 26.1 Å². The molecule has 2 aromatic heterocycles. The summed E-state index contributed by atoms with van der Waals surface area (Å²) in [6.45, 7) is 2.36. The molecule has 0 bridgehead atoms. The minimum Gasteiger partial charge on any atom is -0.476 e. The zero-order valence-corrected chi connectivity index (χ0v) is 12.6. The fraction of sp³-hybridized carbons (Fsp3) is 0.615. The number of imidazole rings is 1. The Labute approximate surface area is 127 Å². The van der Waals surface area contributed by atoms with Gasteiger partial charge in [-0.05, 0) is 19.8 Å². The van der Waals surface area contributed by atoms with Crippen LogP contribution in [0.15, 0.2) is 6.33 Å². The highest BCUT2D eigenvalue weighted by atomic mass is 19.1. The lowest BCUT2D eigenvalue weighted by molar-refractivity contribution is -0.0207. The van der Waals surface area contributed by atoms with Crippen LogP contribution >= 0.6 is 0 Å². The molecular weight excluding hydrogens is 293 g/mol. The van der Waals surface area contributed by atoms with Gasteiger partial charge in [-0.1, -0.05) is 0 Å². The van der Waals surface area contributed by atoms with E-state index in [1.54, 1.807) is 6.33 Å². The maximum absolute atomic E-state index is 9.50. The summed E-state index contributed by atoms with van der Waals surface area (Å²) >= 11 is 0. The average Bonchev–Trinajstić information content (AvgIpc) is 3.15. The Morgan fingerprint density at radius 3 is 2.86 bits per heavy atom. The summed E-state index contributed by atoms with van der Waals surface area (Å²) in [5, 5.41) is 9.14. The van der Waals surface area contributed by atoms with Gasteiger partial charge >= 0.3 is 0 Å². The third-order valence-corrected chi connectivity index (χ3v) is 3.29. The van der Waals surface area contributed by atoms with Gasteiger partial charge < -0.3 is 20.3 Å². The van der Waals surface area contributed by atoms with E-state index in [2.05, 4.69) is 15.0 Å². The fourth-order valence-electron chi connectivity index (χ4n) is 2.38. The largest absolute Gasteiger partial charge is 0.476 e. The molecule has 0 aliphatic carbocycles. The number of aliphatic hydroxyl groups excluding tert-OH is 1. The lowest BCUT2D eigenvalue weighted by Gasteiger charge is -2.14. The molecule has 122 valence electrons. The van der Waals surface area contributed by atoms with Crippen molar-refractivity contribution in [1.82, 2.24) is 19.5 Å². The van der Waals surface area contributed by atoms with Crippen LogP contribution in [0.5, 0.6) is 5.88 Å². The predicted octanol–water partition coefficient (Wildman–Crippen LogP) is 1.06. The molecule has 1 saturated heterocycles. The van der Waals surface area contributed by atoms with Crippen molar-refractivity contribution in [2.24, 2.45) is 0 Å². The number of nitrogen functional groups attached to an aromatic ring is 1. The number of nitrogens with zero attached hydrogens (tertiary/aromatic N) is 4. The Balaban J connectivity index is 0.000000847. The van der Waals surface area contributed by atoms with Crippen LogP contribution in [0.25, 0.3) is 11.2 Å². The van der Waals surface area contributed by atoms with Gasteiger partial charge in [0, 0.05) is 0 Å². The van der Waals surface area contributed by atoms with Gasteiger partial charge in [0.05, 0.1) is 32.8 Å². The van der Waals surface area contributed by atoms with Crippen LogP contribution in [0.3, 0.4) is 0 Å². The molecule has 22 heavy (non-hydrogen) atoms. The Kier molecular flexibility index (Phi) is 5.45. The molecule has 9 heteroatoms. The van der Waals surface area contributed by atoms with Crippen molar-refractivity contribution in [3.8, 4) is 5.88 Å². The second-order valence-corrected chi connectivity index (χ2v) is 4.62. The standard InChI is InChI=1S/C12H17N5O3.CH3F/c1-2-19-11-9-10(15-12(13)16-11)17(6-14-9)8-4-3-7(5-18)20-8;1-2/h6-8,18H,2-5H2,1H3,(H2,13,15,16);1H3. The van der Waals surface area contributed by atoms with Gasteiger partial charge in [-0.3, -0.25) is 8.96 Å². The Morgan fingerprint density at radius 2 is 2.23 bits per heavy atom. The molecule has 3 heterocycles. The third-order valence-electron chi connectivity index (χ3n) is 3.29. The molecule has 1 aliphatic heterocycles. The molecule has 3 N–H and O–H groups in total. The van der Waals surface area contributed by atoms with E-state index >= 15 is 0 Å². The van der Waals surface area contributed by atoms with Crippen LogP contribution in [0.4, 0.5) is 10.3 Å². The van der Waals surface area contributed by atoms with E-state index in [0.717, 1.165) is 12.8 Å². The smallest absolute Gasteiger partial charge is 0.247 e. The number of aromatic nitrogens is 4. The van der Waals surface area contributed by atoms with E-state index in [-0.39, 0.29) is 24.9 Å². The van der Waals surface area contributed by atoms with Crippen LogP contribution in [0.1, 0.15) is 26.0 Å². The zero-order valence-electron chi connectivity index (χ0n) is 12.6. The highest BCUT2D eigenvalue weighted by molar-refractivity contribution is 5.77. The molecule has 1 aliphatic rings. The number of aliphatic hydroxyl groups is 1. The quantitative estimate of drug-likeness (QED) is 0.868. The highest BCUT2D eigenvalue weighted by Crippen LogP contribution is 2.32. The summed E-state index contributed by atoms with van der Waals surface area (Å²) in [6, 6.07) is 0. The minimum absolute atomic E-state index is 0.0183. The molecule has 2 unspecified atom stereocenters. The lowest BCUT2D eigenvalue weighted by Crippen LogP contribution is -2.14. The summed E-state index contributed by atoms with van der Waals surface area (Å²) in [5.41, 5.74) is 6.87. The van der Waals surface area contributed by atoms with E-state index in [0.29, 0.717) is 30.8 Å². The summed E-state index contributed by atoms with van der Waals surface area (Å²) in [5.74, 6) is 0.518. The van der Waals surface area contributed by atoms with Crippen molar-refractivity contribution < 1.29 is 19.0 Å². The number of hydrogen-bond acceptors (Lipinski definition) is 7. The van der Waals surface area contributed by atoms with E-state index in [1.165, 1.54) is 0 Å². The number of nitrogens with two attached hydrogens (primary N) is 1. The fourth-order valence-corrected chi connectivity index (χ4v) is 2.38. The maximum atomic E-state index is 9.50. The molecule has 0 saturated carbocycles. The van der Waals surface area contributed by atoms with Gasteiger partial charge in [-0.25, -0.2) is 4.98 Å². The Hall–Kier alpha value is -2.00. The molecule has 2 aromatic rings. The third kappa shape index (κ3) is 3.09. The van der Waals surface area contributed by atoms with E-state index in [4.69, 9.17) is 20.3 Å². The molecule has 3 rings (SSSR count). The number of halogens is 1. The van der Waals surface area contributed by atoms with Crippen molar-refractivity contribution in [1.29, 1.82) is 0 Å². The zero-order chi connectivity index (χ0) is 16.1. The molecule has 1 fully saturated rings. The van der Waals surface area contributed by atoms with Gasteiger partial charge in [0.2, 0.25) is 11.8 Å². The van der Waals surface area contributed by atoms with Gasteiger partial charge in [-0.2, -0.15) is 9.97 Å². The minimum atomic E-state index is -0.194. The van der Waals surface area contributed by atoms with E-state index in [1.807, 2.05) is 11.5 Å². The SMILES string of the molecule is CCOc1nc(N)nc2c1ncn2C1CCC(CO)O1.CF. The normalized spacial score (nSPS) is 20.7. The molecule has 0 aromatic carbocycles. The number of hydrogen-bond donors (Lipinski definition) is 2. The second-order valence-electron chi connectivity index (χ2n) is 4.62. The number of anilines is 1. The van der Waals surface area contributed by atoms with Crippen molar-refractivity contribution in [3.05, 3.63) is 6.33 Å². The molecule has 8 nitrogen and oxygen atoms in total. The van der Waals surface area contributed by atoms with Crippen molar-refractivity contribution in [3.63, 3.8) is 0 Å². The number of alkyl halides is 1. The Bertz CT molecular complexity index is 621. The summed E-state index contributed by atoms with van der Waals surface area (Å²) in [7, 11) is 0.500. The predicted molar refractivity (Wildman–Crippen MR) is 78.2 cm³/mol. The van der Waals surface area contributed by atoms with E-state index < -0.39 is 0 Å². The number of rotatable bonds is 4. The second kappa shape index (κ2) is 7.32. The first-order valence-electron chi connectivity index (χ1n) is 7.00. The van der Waals surface area contributed by atoms with Gasteiger partial charge in [-0.15, -0.1) is 0 Å². The van der Waals surface area contributed by atoms with Crippen LogP contribution in [0.2, 0.25) is 0 Å². The summed E-state index contributed by atoms with van der Waals surface area (Å²) in [6.07, 6.45) is 2.92. The van der Waals surface area contributed by atoms with Crippen molar-refractivity contribution >= 4 is 17.1 Å². The first-order valence-corrected chi connectivity index (χ1v) is 7.00.